The number of carbonyl (C=O) groups excluding carboxylic acids is 1. The molecule has 1 aromatic heterocycles. The van der Waals surface area contributed by atoms with Gasteiger partial charge in [-0.2, -0.15) is 0 Å². The van der Waals surface area contributed by atoms with Crippen molar-refractivity contribution in [2.45, 2.75) is 32.9 Å². The highest BCUT2D eigenvalue weighted by molar-refractivity contribution is 5.82. The summed E-state index contributed by atoms with van der Waals surface area (Å²) in [5, 5.41) is 2.81. The molecule has 3 N–H and O–H groups in total. The Morgan fingerprint density at radius 3 is 2.56 bits per heavy atom. The van der Waals surface area contributed by atoms with E-state index in [1.54, 1.807) is 18.6 Å². The molecule has 0 bridgehead atoms. The standard InChI is InChI=1S/C11H18N4O/c1-7(2)10(12)11(16)15-8(3)9-6-13-4-5-14-9/h4-8,10H,12H2,1-3H3,(H,15,16)/t8-,10?/m0/s1. The first-order valence-corrected chi connectivity index (χ1v) is 5.34. The summed E-state index contributed by atoms with van der Waals surface area (Å²) in [5.74, 6) is -0.0396. The van der Waals surface area contributed by atoms with Crippen LogP contribution >= 0.6 is 0 Å². The largest absolute Gasteiger partial charge is 0.347 e. The van der Waals surface area contributed by atoms with Gasteiger partial charge in [-0.15, -0.1) is 0 Å². The van der Waals surface area contributed by atoms with Crippen LogP contribution in [-0.2, 0) is 4.79 Å². The number of carbonyl (C=O) groups is 1. The normalized spacial score (nSPS) is 14.6. The predicted molar refractivity (Wildman–Crippen MR) is 61.4 cm³/mol. The van der Waals surface area contributed by atoms with E-state index in [2.05, 4.69) is 15.3 Å². The molecule has 0 saturated carbocycles. The van der Waals surface area contributed by atoms with Crippen LogP contribution in [0, 0.1) is 5.92 Å². The fourth-order valence-corrected chi connectivity index (χ4v) is 1.22. The molecule has 0 radical (unpaired) electrons. The van der Waals surface area contributed by atoms with Crippen LogP contribution in [0.1, 0.15) is 32.5 Å². The Labute approximate surface area is 95.5 Å². The lowest BCUT2D eigenvalue weighted by Gasteiger charge is -2.19. The van der Waals surface area contributed by atoms with Crippen molar-refractivity contribution in [1.29, 1.82) is 0 Å². The van der Waals surface area contributed by atoms with Crippen LogP contribution in [0.15, 0.2) is 18.6 Å². The van der Waals surface area contributed by atoms with Crippen molar-refractivity contribution >= 4 is 5.91 Å². The highest BCUT2D eigenvalue weighted by Crippen LogP contribution is 2.07. The summed E-state index contributed by atoms with van der Waals surface area (Å²) >= 11 is 0. The Hall–Kier alpha value is -1.49. The first-order valence-electron chi connectivity index (χ1n) is 5.34. The number of nitrogens with one attached hydrogen (secondary N) is 1. The summed E-state index contributed by atoms with van der Waals surface area (Å²) in [4.78, 5) is 19.7. The van der Waals surface area contributed by atoms with Crippen LogP contribution in [0.25, 0.3) is 0 Å². The van der Waals surface area contributed by atoms with Crippen LogP contribution in [0.2, 0.25) is 0 Å². The summed E-state index contributed by atoms with van der Waals surface area (Å²) in [6.45, 7) is 5.68. The van der Waals surface area contributed by atoms with Crippen LogP contribution < -0.4 is 11.1 Å². The number of aromatic nitrogens is 2. The molecule has 1 heterocycles. The minimum atomic E-state index is -0.487. The van der Waals surface area contributed by atoms with Crippen molar-refractivity contribution in [1.82, 2.24) is 15.3 Å². The molecule has 1 amide bonds. The van der Waals surface area contributed by atoms with Crippen LogP contribution in [0.3, 0.4) is 0 Å². The Morgan fingerprint density at radius 1 is 1.38 bits per heavy atom. The SMILES string of the molecule is CC(C)C(N)C(=O)N[C@@H](C)c1cnccn1. The lowest BCUT2D eigenvalue weighted by atomic mass is 10.0. The van der Waals surface area contributed by atoms with E-state index >= 15 is 0 Å². The zero-order chi connectivity index (χ0) is 12.1. The van der Waals surface area contributed by atoms with E-state index in [9.17, 15) is 4.79 Å². The van der Waals surface area contributed by atoms with E-state index in [1.807, 2.05) is 20.8 Å². The lowest BCUT2D eigenvalue weighted by molar-refractivity contribution is -0.123. The highest BCUT2D eigenvalue weighted by Gasteiger charge is 2.19. The minimum Gasteiger partial charge on any atom is -0.347 e. The van der Waals surface area contributed by atoms with Gasteiger partial charge in [-0.1, -0.05) is 13.8 Å². The van der Waals surface area contributed by atoms with Gasteiger partial charge in [0, 0.05) is 12.4 Å². The molecule has 0 spiro atoms. The lowest BCUT2D eigenvalue weighted by Crippen LogP contribution is -2.44. The number of rotatable bonds is 4. The quantitative estimate of drug-likeness (QED) is 0.783. The number of hydrogen-bond acceptors (Lipinski definition) is 4. The van der Waals surface area contributed by atoms with Gasteiger partial charge in [-0.3, -0.25) is 14.8 Å². The van der Waals surface area contributed by atoms with Gasteiger partial charge in [0.15, 0.2) is 0 Å². The van der Waals surface area contributed by atoms with Crippen molar-refractivity contribution < 1.29 is 4.79 Å². The van der Waals surface area contributed by atoms with E-state index in [1.165, 1.54) is 0 Å². The molecule has 0 aromatic carbocycles. The number of hydrogen-bond donors (Lipinski definition) is 2. The predicted octanol–water partition coefficient (Wildman–Crippen LogP) is 0.637. The van der Waals surface area contributed by atoms with Crippen LogP contribution in [0.5, 0.6) is 0 Å². The summed E-state index contributed by atoms with van der Waals surface area (Å²) in [5.41, 5.74) is 6.47. The molecular weight excluding hydrogens is 204 g/mol. The first-order chi connectivity index (χ1) is 7.52. The molecule has 88 valence electrons. The van der Waals surface area contributed by atoms with Gasteiger partial charge >= 0.3 is 0 Å². The minimum absolute atomic E-state index is 0.119. The summed E-state index contributed by atoms with van der Waals surface area (Å²) in [7, 11) is 0. The number of amides is 1. The molecule has 0 aliphatic heterocycles. The van der Waals surface area contributed by atoms with Gasteiger partial charge in [0.25, 0.3) is 0 Å². The maximum absolute atomic E-state index is 11.7. The molecule has 1 rings (SSSR count). The molecule has 2 atom stereocenters. The Balaban J connectivity index is 2.58. The maximum atomic E-state index is 11.7. The molecule has 1 unspecified atom stereocenters. The molecule has 5 heteroatoms. The molecule has 0 saturated heterocycles. The van der Waals surface area contributed by atoms with Gasteiger partial charge in [0.2, 0.25) is 5.91 Å². The Bertz CT molecular complexity index is 339. The topological polar surface area (TPSA) is 80.9 Å². The van der Waals surface area contributed by atoms with Gasteiger partial charge in [-0.25, -0.2) is 0 Å². The van der Waals surface area contributed by atoms with Crippen LogP contribution in [-0.4, -0.2) is 21.9 Å². The average Bonchev–Trinajstić information content (AvgIpc) is 2.28. The van der Waals surface area contributed by atoms with Gasteiger partial charge in [-0.05, 0) is 12.8 Å². The monoisotopic (exact) mass is 222 g/mol. The van der Waals surface area contributed by atoms with Crippen molar-refractivity contribution in [3.05, 3.63) is 24.3 Å². The molecule has 0 fully saturated rings. The van der Waals surface area contributed by atoms with E-state index in [0.717, 1.165) is 5.69 Å². The van der Waals surface area contributed by atoms with Gasteiger partial charge in [0.05, 0.1) is 24.0 Å². The molecule has 5 nitrogen and oxygen atoms in total. The summed E-state index contributed by atoms with van der Waals surface area (Å²) < 4.78 is 0. The molecule has 1 aromatic rings. The zero-order valence-corrected chi connectivity index (χ0v) is 9.84. The first kappa shape index (κ1) is 12.6. The van der Waals surface area contributed by atoms with Crippen molar-refractivity contribution in [3.63, 3.8) is 0 Å². The van der Waals surface area contributed by atoms with Crippen molar-refractivity contribution in [2.24, 2.45) is 11.7 Å². The summed E-state index contributed by atoms with van der Waals surface area (Å²) in [6, 6.07) is -0.662. The molecular formula is C11H18N4O. The smallest absolute Gasteiger partial charge is 0.237 e. The third-order valence-corrected chi connectivity index (χ3v) is 2.41. The maximum Gasteiger partial charge on any atom is 0.237 e. The van der Waals surface area contributed by atoms with E-state index < -0.39 is 6.04 Å². The van der Waals surface area contributed by atoms with E-state index in [4.69, 9.17) is 5.73 Å². The third kappa shape index (κ3) is 3.27. The Morgan fingerprint density at radius 2 is 2.06 bits per heavy atom. The molecule has 0 aliphatic rings. The fraction of sp³-hybridized carbons (Fsp3) is 0.545. The molecule has 0 aliphatic carbocycles. The average molecular weight is 222 g/mol. The van der Waals surface area contributed by atoms with E-state index in [0.29, 0.717) is 0 Å². The van der Waals surface area contributed by atoms with E-state index in [-0.39, 0.29) is 17.9 Å². The van der Waals surface area contributed by atoms with Gasteiger partial charge in [0.1, 0.15) is 0 Å². The second-order valence-electron chi connectivity index (χ2n) is 4.13. The number of nitrogens with zero attached hydrogens (tertiary/aromatic N) is 2. The zero-order valence-electron chi connectivity index (χ0n) is 9.84. The second-order valence-corrected chi connectivity index (χ2v) is 4.13. The third-order valence-electron chi connectivity index (χ3n) is 2.41. The second kappa shape index (κ2) is 5.55. The summed E-state index contributed by atoms with van der Waals surface area (Å²) in [6.07, 6.45) is 4.82. The highest BCUT2D eigenvalue weighted by atomic mass is 16.2. The molecule has 16 heavy (non-hydrogen) atoms. The van der Waals surface area contributed by atoms with Crippen molar-refractivity contribution in [3.8, 4) is 0 Å². The van der Waals surface area contributed by atoms with Gasteiger partial charge < -0.3 is 11.1 Å². The Kier molecular flexibility index (Phi) is 4.37. The number of nitrogens with two attached hydrogens (primary N) is 1. The fourth-order valence-electron chi connectivity index (χ4n) is 1.22. The van der Waals surface area contributed by atoms with Crippen molar-refractivity contribution in [2.75, 3.05) is 0 Å². The van der Waals surface area contributed by atoms with Crippen LogP contribution in [0.4, 0.5) is 0 Å².